The van der Waals surface area contributed by atoms with Gasteiger partial charge in [-0.2, -0.15) is 4.39 Å². The molecule has 0 aliphatic rings. The van der Waals surface area contributed by atoms with Gasteiger partial charge in [-0.1, -0.05) is 0 Å². The Morgan fingerprint density at radius 3 is 2.00 bits per heavy atom. The van der Waals surface area contributed by atoms with Gasteiger partial charge in [-0.15, -0.1) is 0 Å². The highest BCUT2D eigenvalue weighted by Crippen LogP contribution is 2.30. The smallest absolute Gasteiger partial charge is 0.204 e. The molecule has 0 fully saturated rings. The molecule has 0 aromatic heterocycles. The molecule has 2 aromatic rings. The Morgan fingerprint density at radius 2 is 1.41 bits per heavy atom. The summed E-state index contributed by atoms with van der Waals surface area (Å²) in [5, 5.41) is 0. The number of ether oxygens (including phenoxy) is 1. The van der Waals surface area contributed by atoms with Gasteiger partial charge >= 0.3 is 0 Å². The quantitative estimate of drug-likeness (QED) is 0.489. The summed E-state index contributed by atoms with van der Waals surface area (Å²) in [6.45, 7) is 0. The van der Waals surface area contributed by atoms with Gasteiger partial charge in [0, 0.05) is 0 Å². The summed E-state index contributed by atoms with van der Waals surface area (Å²) in [7, 11) is 0.869. The zero-order valence-corrected chi connectivity index (χ0v) is 10.8. The van der Waals surface area contributed by atoms with Gasteiger partial charge in [0.05, 0.1) is 18.2 Å². The monoisotopic (exact) mass is 320 g/mol. The number of methoxy groups -OCH3 is 1. The van der Waals surface area contributed by atoms with Crippen molar-refractivity contribution in [3.05, 3.63) is 64.2 Å². The van der Waals surface area contributed by atoms with E-state index in [1.165, 1.54) is 0 Å². The number of ketones is 1. The summed E-state index contributed by atoms with van der Waals surface area (Å²) < 4.78 is 83.8. The largest absolute Gasteiger partial charge is 0.493 e. The normalized spacial score (nSPS) is 10.7. The number of carbonyl (C=O) groups is 1. The fraction of sp³-hybridized carbons (Fsp3) is 0.0714. The maximum atomic E-state index is 13.6. The molecule has 8 heteroatoms. The molecule has 0 heterocycles. The Labute approximate surface area is 119 Å². The molecule has 0 N–H and O–H groups in total. The Balaban J connectivity index is 2.67. The number of carbonyl (C=O) groups excluding carboxylic acids is 1. The van der Waals surface area contributed by atoms with E-state index in [1.54, 1.807) is 0 Å². The first kappa shape index (κ1) is 15.9. The van der Waals surface area contributed by atoms with E-state index in [2.05, 4.69) is 4.74 Å². The van der Waals surface area contributed by atoms with Crippen molar-refractivity contribution in [2.45, 2.75) is 0 Å². The van der Waals surface area contributed by atoms with Crippen molar-refractivity contribution in [2.75, 3.05) is 7.11 Å². The molecule has 0 aliphatic carbocycles. The van der Waals surface area contributed by atoms with Crippen LogP contribution in [0.1, 0.15) is 15.9 Å². The summed E-state index contributed by atoms with van der Waals surface area (Å²) in [5.41, 5.74) is -1.86. The van der Waals surface area contributed by atoms with E-state index in [0.29, 0.717) is 12.1 Å². The molecular formula is C14H6F6O2. The minimum Gasteiger partial charge on any atom is -0.493 e. The third-order valence-electron chi connectivity index (χ3n) is 2.85. The predicted octanol–water partition coefficient (Wildman–Crippen LogP) is 3.76. The van der Waals surface area contributed by atoms with Crippen molar-refractivity contribution in [2.24, 2.45) is 0 Å². The topological polar surface area (TPSA) is 26.3 Å². The summed E-state index contributed by atoms with van der Waals surface area (Å²) in [6.07, 6.45) is 0. The third-order valence-corrected chi connectivity index (χ3v) is 2.85. The Kier molecular flexibility index (Phi) is 4.11. The average molecular weight is 320 g/mol. The van der Waals surface area contributed by atoms with E-state index < -0.39 is 57.6 Å². The van der Waals surface area contributed by atoms with Gasteiger partial charge in [-0.3, -0.25) is 4.79 Å². The predicted molar refractivity (Wildman–Crippen MR) is 62.6 cm³/mol. The molecule has 2 rings (SSSR count). The molecule has 0 atom stereocenters. The van der Waals surface area contributed by atoms with Crippen LogP contribution in [-0.4, -0.2) is 12.9 Å². The zero-order chi connectivity index (χ0) is 16.6. The van der Waals surface area contributed by atoms with Crippen LogP contribution in [0, 0.1) is 34.9 Å². The second kappa shape index (κ2) is 5.70. The summed E-state index contributed by atoms with van der Waals surface area (Å²) in [5.74, 6) is -13.1. The molecular weight excluding hydrogens is 314 g/mol. The van der Waals surface area contributed by atoms with Crippen LogP contribution in [0.15, 0.2) is 18.2 Å². The maximum absolute atomic E-state index is 13.6. The van der Waals surface area contributed by atoms with Crippen LogP contribution in [-0.2, 0) is 0 Å². The molecule has 0 unspecified atom stereocenters. The standard InChI is InChI=1S/C14H6F6O2/c1-22-14-6(4-8(16)11(19)12(14)20)13(21)5-2-3-7(15)10(18)9(5)17/h2-4H,1H3. The lowest BCUT2D eigenvalue weighted by molar-refractivity contribution is 0.102. The van der Waals surface area contributed by atoms with E-state index in [0.717, 1.165) is 7.11 Å². The first-order chi connectivity index (χ1) is 10.3. The van der Waals surface area contributed by atoms with Crippen LogP contribution >= 0.6 is 0 Å². The van der Waals surface area contributed by atoms with E-state index in [-0.39, 0.29) is 6.07 Å². The van der Waals surface area contributed by atoms with Crippen LogP contribution in [0.5, 0.6) is 5.75 Å². The van der Waals surface area contributed by atoms with E-state index in [4.69, 9.17) is 0 Å². The molecule has 2 nitrogen and oxygen atoms in total. The number of hydrogen-bond donors (Lipinski definition) is 0. The molecule has 116 valence electrons. The highest BCUT2D eigenvalue weighted by atomic mass is 19.2. The summed E-state index contributed by atoms with van der Waals surface area (Å²) in [4.78, 5) is 12.1. The van der Waals surface area contributed by atoms with Gasteiger partial charge in [0.25, 0.3) is 0 Å². The minimum atomic E-state index is -1.92. The number of halogens is 6. The van der Waals surface area contributed by atoms with Crippen LogP contribution in [0.3, 0.4) is 0 Å². The lowest BCUT2D eigenvalue weighted by atomic mass is 10.0. The fourth-order valence-electron chi connectivity index (χ4n) is 1.79. The molecule has 0 saturated heterocycles. The Bertz CT molecular complexity index is 773. The second-order valence-electron chi connectivity index (χ2n) is 4.12. The van der Waals surface area contributed by atoms with Crippen molar-refractivity contribution in [3.63, 3.8) is 0 Å². The molecule has 22 heavy (non-hydrogen) atoms. The first-order valence-corrected chi connectivity index (χ1v) is 5.69. The van der Waals surface area contributed by atoms with Crippen molar-refractivity contribution in [3.8, 4) is 5.75 Å². The van der Waals surface area contributed by atoms with Gasteiger partial charge in [-0.25, -0.2) is 22.0 Å². The SMILES string of the molecule is COc1c(C(=O)c2ccc(F)c(F)c2F)cc(F)c(F)c1F. The molecule has 0 bridgehead atoms. The van der Waals surface area contributed by atoms with Crippen molar-refractivity contribution in [1.82, 2.24) is 0 Å². The number of benzene rings is 2. The van der Waals surface area contributed by atoms with Crippen molar-refractivity contribution in [1.29, 1.82) is 0 Å². The second-order valence-corrected chi connectivity index (χ2v) is 4.12. The number of rotatable bonds is 3. The van der Waals surface area contributed by atoms with Crippen LogP contribution in [0.4, 0.5) is 26.3 Å². The van der Waals surface area contributed by atoms with E-state index in [9.17, 15) is 31.1 Å². The van der Waals surface area contributed by atoms with Crippen LogP contribution in [0.2, 0.25) is 0 Å². The fourth-order valence-corrected chi connectivity index (χ4v) is 1.79. The lowest BCUT2D eigenvalue weighted by Crippen LogP contribution is -2.11. The highest BCUT2D eigenvalue weighted by molar-refractivity contribution is 6.11. The van der Waals surface area contributed by atoms with Crippen molar-refractivity contribution >= 4 is 5.78 Å². The van der Waals surface area contributed by atoms with Crippen LogP contribution in [0.25, 0.3) is 0 Å². The zero-order valence-electron chi connectivity index (χ0n) is 10.8. The molecule has 0 radical (unpaired) electrons. The van der Waals surface area contributed by atoms with Crippen molar-refractivity contribution < 1.29 is 35.9 Å². The summed E-state index contributed by atoms with van der Waals surface area (Å²) in [6, 6.07) is 1.34. The highest BCUT2D eigenvalue weighted by Gasteiger charge is 2.27. The lowest BCUT2D eigenvalue weighted by Gasteiger charge is -2.11. The first-order valence-electron chi connectivity index (χ1n) is 5.69. The van der Waals surface area contributed by atoms with E-state index >= 15 is 0 Å². The number of hydrogen-bond acceptors (Lipinski definition) is 2. The summed E-state index contributed by atoms with van der Waals surface area (Å²) >= 11 is 0. The average Bonchev–Trinajstić information content (AvgIpc) is 2.49. The van der Waals surface area contributed by atoms with Gasteiger partial charge in [-0.05, 0) is 18.2 Å². The van der Waals surface area contributed by atoms with Gasteiger partial charge in [0.1, 0.15) is 0 Å². The molecule has 0 spiro atoms. The minimum absolute atomic E-state index is 0.278. The third kappa shape index (κ3) is 2.40. The molecule has 0 saturated carbocycles. The molecule has 2 aromatic carbocycles. The Morgan fingerprint density at radius 1 is 0.818 bits per heavy atom. The van der Waals surface area contributed by atoms with Gasteiger partial charge in [0.15, 0.2) is 40.6 Å². The molecule has 0 amide bonds. The van der Waals surface area contributed by atoms with Gasteiger partial charge in [0.2, 0.25) is 5.82 Å². The van der Waals surface area contributed by atoms with Gasteiger partial charge < -0.3 is 4.74 Å². The van der Waals surface area contributed by atoms with Crippen LogP contribution < -0.4 is 4.74 Å². The Hall–Kier alpha value is -2.51. The van der Waals surface area contributed by atoms with E-state index in [1.807, 2.05) is 0 Å². The molecule has 0 aliphatic heterocycles. The maximum Gasteiger partial charge on any atom is 0.204 e.